The van der Waals surface area contributed by atoms with Crippen molar-refractivity contribution in [3.05, 3.63) is 69.7 Å². The number of nitrogens with one attached hydrogen (secondary N) is 1. The highest BCUT2D eigenvalue weighted by molar-refractivity contribution is 6.42. The molecule has 0 saturated carbocycles. The van der Waals surface area contributed by atoms with Crippen LogP contribution in [0.25, 0.3) is 6.08 Å². The number of hydrogen-bond acceptors (Lipinski definition) is 2. The van der Waals surface area contributed by atoms with E-state index in [1.165, 1.54) is 13.0 Å². The van der Waals surface area contributed by atoms with E-state index in [9.17, 15) is 9.59 Å². The second kappa shape index (κ2) is 8.70. The first-order valence-corrected chi connectivity index (χ1v) is 8.36. The molecular weight excluding hydrogens is 359 g/mol. The molecule has 0 aliphatic rings. The van der Waals surface area contributed by atoms with Crippen LogP contribution in [-0.4, -0.2) is 23.8 Å². The van der Waals surface area contributed by atoms with E-state index in [1.807, 2.05) is 18.2 Å². The third kappa shape index (κ3) is 5.62. The Morgan fingerprint density at radius 3 is 2.60 bits per heavy atom. The molecule has 1 N–H and O–H groups in total. The molecule has 25 heavy (non-hydrogen) atoms. The summed E-state index contributed by atoms with van der Waals surface area (Å²) in [6, 6.07) is 12.6. The zero-order valence-electron chi connectivity index (χ0n) is 13.9. The topological polar surface area (TPSA) is 49.4 Å². The molecule has 0 saturated heterocycles. The van der Waals surface area contributed by atoms with Crippen LogP contribution in [0.3, 0.4) is 0 Å². The molecule has 0 fully saturated rings. The zero-order valence-corrected chi connectivity index (χ0v) is 15.4. The third-order valence-electron chi connectivity index (χ3n) is 3.55. The zero-order chi connectivity index (χ0) is 18.4. The fourth-order valence-electron chi connectivity index (χ4n) is 2.13. The Labute approximate surface area is 157 Å². The fourth-order valence-corrected chi connectivity index (χ4v) is 2.50. The van der Waals surface area contributed by atoms with Crippen LogP contribution in [-0.2, 0) is 16.1 Å². The molecule has 0 aromatic heterocycles. The summed E-state index contributed by atoms with van der Waals surface area (Å²) in [5.74, 6) is -0.302. The minimum absolute atomic E-state index is 0.0178. The fraction of sp³-hybridized carbons (Fsp3) is 0.158. The first-order chi connectivity index (χ1) is 11.9. The number of halogens is 2. The number of carbonyl (C=O) groups is 2. The van der Waals surface area contributed by atoms with Crippen molar-refractivity contribution >= 4 is 46.8 Å². The number of carbonyl (C=O) groups excluding carboxylic acids is 2. The first kappa shape index (κ1) is 19.0. The Morgan fingerprint density at radius 1 is 1.16 bits per heavy atom. The van der Waals surface area contributed by atoms with E-state index < -0.39 is 0 Å². The van der Waals surface area contributed by atoms with Gasteiger partial charge in [-0.25, -0.2) is 0 Å². The lowest BCUT2D eigenvalue weighted by atomic mass is 10.2. The predicted octanol–water partition coefficient (Wildman–Crippen LogP) is 4.62. The molecule has 0 atom stereocenters. The van der Waals surface area contributed by atoms with Gasteiger partial charge in [0, 0.05) is 32.3 Å². The summed E-state index contributed by atoms with van der Waals surface area (Å²) in [7, 11) is 1.73. The van der Waals surface area contributed by atoms with Crippen molar-refractivity contribution in [1.29, 1.82) is 0 Å². The van der Waals surface area contributed by atoms with Gasteiger partial charge in [0.25, 0.3) is 0 Å². The van der Waals surface area contributed by atoms with Crippen LogP contribution in [0, 0.1) is 0 Å². The monoisotopic (exact) mass is 376 g/mol. The quantitative estimate of drug-likeness (QED) is 0.773. The van der Waals surface area contributed by atoms with E-state index in [0.29, 0.717) is 27.8 Å². The van der Waals surface area contributed by atoms with Gasteiger partial charge in [0.05, 0.1) is 10.0 Å². The number of anilines is 1. The minimum Gasteiger partial charge on any atom is -0.342 e. The molecule has 4 nitrogen and oxygen atoms in total. The summed E-state index contributed by atoms with van der Waals surface area (Å²) in [5.41, 5.74) is 2.25. The van der Waals surface area contributed by atoms with Crippen molar-refractivity contribution in [2.45, 2.75) is 13.5 Å². The summed E-state index contributed by atoms with van der Waals surface area (Å²) in [4.78, 5) is 25.0. The highest BCUT2D eigenvalue weighted by Crippen LogP contribution is 2.26. The van der Waals surface area contributed by atoms with Crippen molar-refractivity contribution in [1.82, 2.24) is 4.90 Å². The van der Waals surface area contributed by atoms with Gasteiger partial charge in [0.1, 0.15) is 0 Å². The predicted molar refractivity (Wildman–Crippen MR) is 103 cm³/mol. The number of benzene rings is 2. The van der Waals surface area contributed by atoms with Gasteiger partial charge in [0.2, 0.25) is 11.8 Å². The smallest absolute Gasteiger partial charge is 0.248 e. The van der Waals surface area contributed by atoms with Crippen molar-refractivity contribution in [2.24, 2.45) is 0 Å². The highest BCUT2D eigenvalue weighted by atomic mass is 35.5. The van der Waals surface area contributed by atoms with Crippen LogP contribution in [0.15, 0.2) is 48.5 Å². The van der Waals surface area contributed by atoms with Gasteiger partial charge in [-0.15, -0.1) is 0 Å². The van der Waals surface area contributed by atoms with Crippen LogP contribution >= 0.6 is 23.2 Å². The van der Waals surface area contributed by atoms with Crippen molar-refractivity contribution < 1.29 is 9.59 Å². The largest absolute Gasteiger partial charge is 0.342 e. The lowest BCUT2D eigenvalue weighted by molar-refractivity contribution is -0.128. The molecular formula is C19H18Cl2N2O2. The van der Waals surface area contributed by atoms with Crippen molar-refractivity contribution in [2.75, 3.05) is 12.4 Å². The Hall–Kier alpha value is -2.30. The van der Waals surface area contributed by atoms with Crippen molar-refractivity contribution in [3.8, 4) is 0 Å². The average molecular weight is 377 g/mol. The summed E-state index contributed by atoms with van der Waals surface area (Å²) < 4.78 is 0. The Morgan fingerprint density at radius 2 is 1.88 bits per heavy atom. The molecule has 0 unspecified atom stereocenters. The van der Waals surface area contributed by atoms with Crippen LogP contribution in [0.4, 0.5) is 5.69 Å². The van der Waals surface area contributed by atoms with E-state index in [0.717, 1.165) is 5.56 Å². The van der Waals surface area contributed by atoms with Gasteiger partial charge >= 0.3 is 0 Å². The maximum absolute atomic E-state index is 12.1. The normalized spacial score (nSPS) is 10.7. The molecule has 130 valence electrons. The van der Waals surface area contributed by atoms with E-state index in [-0.39, 0.29) is 11.8 Å². The number of rotatable bonds is 5. The van der Waals surface area contributed by atoms with Gasteiger partial charge in [-0.3, -0.25) is 9.59 Å². The molecule has 0 radical (unpaired) electrons. The molecule has 2 rings (SSSR count). The summed E-state index contributed by atoms with van der Waals surface area (Å²) in [6.07, 6.45) is 3.00. The van der Waals surface area contributed by atoms with Crippen LogP contribution < -0.4 is 5.32 Å². The van der Waals surface area contributed by atoms with Crippen LogP contribution in [0.1, 0.15) is 18.1 Å². The molecule has 2 aromatic rings. The number of hydrogen-bond donors (Lipinski definition) is 1. The summed E-state index contributed by atoms with van der Waals surface area (Å²) >= 11 is 12.0. The van der Waals surface area contributed by atoms with Gasteiger partial charge in [-0.05, 0) is 35.4 Å². The Balaban J connectivity index is 2.04. The SMILES string of the molecule is CC(=O)N(C)Cc1cccc(NC(=O)/C=C/c2cccc(Cl)c2Cl)c1. The highest BCUT2D eigenvalue weighted by Gasteiger charge is 2.06. The van der Waals surface area contributed by atoms with E-state index in [4.69, 9.17) is 23.2 Å². The van der Waals surface area contributed by atoms with Crippen molar-refractivity contribution in [3.63, 3.8) is 0 Å². The second-order valence-corrected chi connectivity index (χ2v) is 6.33. The first-order valence-electron chi connectivity index (χ1n) is 7.60. The lowest BCUT2D eigenvalue weighted by Gasteiger charge is -2.15. The number of nitrogens with zero attached hydrogens (tertiary/aromatic N) is 1. The van der Waals surface area contributed by atoms with Gasteiger partial charge < -0.3 is 10.2 Å². The molecule has 0 aliphatic heterocycles. The maximum Gasteiger partial charge on any atom is 0.248 e. The molecule has 2 aromatic carbocycles. The standard InChI is InChI=1S/C19H18Cl2N2O2/c1-13(24)23(2)12-14-5-3-7-16(11-14)22-18(25)10-9-15-6-4-8-17(20)19(15)21/h3-11H,12H2,1-2H3,(H,22,25)/b10-9+. The van der Waals surface area contributed by atoms with Gasteiger partial charge in [0.15, 0.2) is 0 Å². The van der Waals surface area contributed by atoms with E-state index in [2.05, 4.69) is 5.32 Å². The molecule has 2 amide bonds. The molecule has 0 aliphatic carbocycles. The molecule has 0 heterocycles. The Kier molecular flexibility index (Phi) is 6.62. The minimum atomic E-state index is -0.284. The van der Waals surface area contributed by atoms with E-state index in [1.54, 1.807) is 42.3 Å². The molecule has 0 spiro atoms. The van der Waals surface area contributed by atoms with Crippen LogP contribution in [0.5, 0.6) is 0 Å². The average Bonchev–Trinajstić information content (AvgIpc) is 2.56. The number of amides is 2. The lowest BCUT2D eigenvalue weighted by Crippen LogP contribution is -2.23. The van der Waals surface area contributed by atoms with Gasteiger partial charge in [-0.1, -0.05) is 47.5 Å². The Bertz CT molecular complexity index is 819. The third-order valence-corrected chi connectivity index (χ3v) is 4.38. The van der Waals surface area contributed by atoms with Crippen LogP contribution in [0.2, 0.25) is 10.0 Å². The van der Waals surface area contributed by atoms with E-state index >= 15 is 0 Å². The molecule has 0 bridgehead atoms. The summed E-state index contributed by atoms with van der Waals surface area (Å²) in [6.45, 7) is 1.99. The molecule has 6 heteroatoms. The summed E-state index contributed by atoms with van der Waals surface area (Å²) in [5, 5.41) is 3.63. The second-order valence-electron chi connectivity index (χ2n) is 5.54. The van der Waals surface area contributed by atoms with Gasteiger partial charge in [-0.2, -0.15) is 0 Å². The maximum atomic E-state index is 12.1.